The molecular weight excluding hydrogens is 400 g/mol. The summed E-state index contributed by atoms with van der Waals surface area (Å²) in [5.41, 5.74) is 5.17. The Morgan fingerprint density at radius 2 is 1.63 bits per heavy atom. The molecule has 0 radical (unpaired) electrons. The third-order valence-corrected chi connectivity index (χ3v) is 5.77. The van der Waals surface area contributed by atoms with Crippen molar-refractivity contribution < 1.29 is 9.47 Å². The Morgan fingerprint density at radius 1 is 0.926 bits per heavy atom. The van der Waals surface area contributed by atoms with Gasteiger partial charge in [-0.1, -0.05) is 65.3 Å². The molecule has 0 saturated carbocycles. The Labute approximate surface area is 170 Å². The first-order chi connectivity index (χ1) is 12.9. The van der Waals surface area contributed by atoms with Gasteiger partial charge in [-0.3, -0.25) is 0 Å². The fourth-order valence-corrected chi connectivity index (χ4v) is 3.56. The van der Waals surface area contributed by atoms with Crippen LogP contribution in [0.4, 0.5) is 0 Å². The van der Waals surface area contributed by atoms with E-state index in [0.717, 1.165) is 22.9 Å². The zero-order valence-corrected chi connectivity index (χ0v) is 18.1. The van der Waals surface area contributed by atoms with Gasteiger partial charge in [0, 0.05) is 11.6 Å². The molecule has 0 aliphatic heterocycles. The number of methoxy groups -OCH3 is 1. The number of hydrogen-bond acceptors (Lipinski definition) is 2. The highest BCUT2D eigenvalue weighted by Crippen LogP contribution is 2.29. The highest BCUT2D eigenvalue weighted by molar-refractivity contribution is 9.10. The number of fused-ring (bicyclic) bond motifs is 1. The van der Waals surface area contributed by atoms with Crippen molar-refractivity contribution in [3.05, 3.63) is 81.3 Å². The molecule has 0 aliphatic rings. The van der Waals surface area contributed by atoms with Crippen LogP contribution in [0.1, 0.15) is 43.0 Å². The van der Waals surface area contributed by atoms with Crippen molar-refractivity contribution in [2.45, 2.75) is 46.0 Å². The lowest BCUT2D eigenvalue weighted by Crippen LogP contribution is -2.26. The summed E-state index contributed by atoms with van der Waals surface area (Å²) in [6, 6.07) is 19.9. The molecule has 3 heteroatoms. The van der Waals surface area contributed by atoms with E-state index in [1.165, 1.54) is 27.5 Å². The summed E-state index contributed by atoms with van der Waals surface area (Å²) in [6.07, 6.45) is 2.01. The van der Waals surface area contributed by atoms with Gasteiger partial charge >= 0.3 is 0 Å². The smallest absolute Gasteiger partial charge is 0.162 e. The summed E-state index contributed by atoms with van der Waals surface area (Å²) in [7, 11) is 1.66. The number of rotatable bonds is 7. The first-order valence-electron chi connectivity index (χ1n) is 9.39. The maximum absolute atomic E-state index is 5.89. The van der Waals surface area contributed by atoms with Gasteiger partial charge in [0.05, 0.1) is 6.61 Å². The topological polar surface area (TPSA) is 18.5 Å². The van der Waals surface area contributed by atoms with Gasteiger partial charge in [0.1, 0.15) is 0 Å². The molecule has 3 aromatic rings. The van der Waals surface area contributed by atoms with Crippen LogP contribution in [0.3, 0.4) is 0 Å². The largest absolute Gasteiger partial charge is 0.354 e. The van der Waals surface area contributed by atoms with E-state index in [1.807, 2.05) is 13.8 Å². The van der Waals surface area contributed by atoms with E-state index < -0.39 is 5.79 Å². The monoisotopic (exact) mass is 426 g/mol. The van der Waals surface area contributed by atoms with Crippen LogP contribution in [0.2, 0.25) is 0 Å². The second kappa shape index (κ2) is 8.55. The molecule has 3 rings (SSSR count). The molecule has 142 valence electrons. The average Bonchev–Trinajstić information content (AvgIpc) is 2.67. The molecule has 0 heterocycles. The van der Waals surface area contributed by atoms with Crippen LogP contribution in [-0.2, 0) is 28.9 Å². The highest BCUT2D eigenvalue weighted by atomic mass is 79.9. The predicted molar refractivity (Wildman–Crippen MR) is 116 cm³/mol. The summed E-state index contributed by atoms with van der Waals surface area (Å²) < 4.78 is 12.3. The first-order valence-corrected chi connectivity index (χ1v) is 10.2. The molecule has 0 N–H and O–H groups in total. The Balaban J connectivity index is 1.88. The maximum Gasteiger partial charge on any atom is 0.162 e. The molecule has 0 atom stereocenters. The van der Waals surface area contributed by atoms with Crippen LogP contribution < -0.4 is 0 Å². The Kier molecular flexibility index (Phi) is 6.36. The second-order valence-electron chi connectivity index (χ2n) is 7.32. The van der Waals surface area contributed by atoms with E-state index in [2.05, 4.69) is 77.5 Å². The standard InChI is InChI=1S/C24H27BrO2/c1-5-17-9-11-18(12-10-17)13-19-7-6-8-20-14-21(23(25)15-22(19)20)16-27-24(2,3)26-4/h6-12,14-15H,5,13,16H2,1-4H3. The van der Waals surface area contributed by atoms with E-state index in [1.54, 1.807) is 7.11 Å². The minimum Gasteiger partial charge on any atom is -0.354 e. The number of hydrogen-bond donors (Lipinski definition) is 0. The number of aryl methyl sites for hydroxylation is 1. The van der Waals surface area contributed by atoms with Crippen LogP contribution in [0.15, 0.2) is 59.1 Å². The van der Waals surface area contributed by atoms with Gasteiger partial charge < -0.3 is 9.47 Å². The van der Waals surface area contributed by atoms with E-state index in [0.29, 0.717) is 6.61 Å². The SMILES string of the molecule is CCc1ccc(Cc2cccc3cc(COC(C)(C)OC)c(Br)cc23)cc1. The van der Waals surface area contributed by atoms with E-state index in [-0.39, 0.29) is 0 Å². The van der Waals surface area contributed by atoms with Gasteiger partial charge in [-0.2, -0.15) is 0 Å². The zero-order valence-electron chi connectivity index (χ0n) is 16.5. The van der Waals surface area contributed by atoms with Gasteiger partial charge in [0.25, 0.3) is 0 Å². The molecule has 0 fully saturated rings. The van der Waals surface area contributed by atoms with Crippen LogP contribution >= 0.6 is 15.9 Å². The van der Waals surface area contributed by atoms with Gasteiger partial charge in [-0.15, -0.1) is 0 Å². The fraction of sp³-hybridized carbons (Fsp3) is 0.333. The normalized spacial score (nSPS) is 11.9. The lowest BCUT2D eigenvalue weighted by Gasteiger charge is -2.24. The van der Waals surface area contributed by atoms with E-state index in [9.17, 15) is 0 Å². The summed E-state index contributed by atoms with van der Waals surface area (Å²) in [5.74, 6) is -0.596. The lowest BCUT2D eigenvalue weighted by atomic mass is 9.96. The van der Waals surface area contributed by atoms with Gasteiger partial charge in [0.2, 0.25) is 0 Å². The molecule has 27 heavy (non-hydrogen) atoms. The molecule has 0 bridgehead atoms. The van der Waals surface area contributed by atoms with Gasteiger partial charge in [-0.25, -0.2) is 0 Å². The molecule has 0 aliphatic carbocycles. The predicted octanol–water partition coefficient (Wildman–Crippen LogP) is 6.65. The van der Waals surface area contributed by atoms with Crippen molar-refractivity contribution in [3.8, 4) is 0 Å². The Hall–Kier alpha value is -1.68. The molecule has 0 aromatic heterocycles. The summed E-state index contributed by atoms with van der Waals surface area (Å²) in [4.78, 5) is 0. The zero-order chi connectivity index (χ0) is 19.4. The molecule has 0 saturated heterocycles. The van der Waals surface area contributed by atoms with E-state index >= 15 is 0 Å². The molecular formula is C24H27BrO2. The highest BCUT2D eigenvalue weighted by Gasteiger charge is 2.17. The summed E-state index contributed by atoms with van der Waals surface area (Å²) >= 11 is 3.72. The van der Waals surface area contributed by atoms with Gasteiger partial charge in [0.15, 0.2) is 5.79 Å². The van der Waals surface area contributed by atoms with Crippen LogP contribution in [0.25, 0.3) is 10.8 Å². The summed E-state index contributed by atoms with van der Waals surface area (Å²) in [6.45, 7) is 6.53. The third kappa shape index (κ3) is 4.98. The second-order valence-corrected chi connectivity index (χ2v) is 8.18. The first kappa shape index (κ1) is 20.1. The van der Waals surface area contributed by atoms with Crippen molar-refractivity contribution in [2.75, 3.05) is 7.11 Å². The van der Waals surface area contributed by atoms with Crippen LogP contribution in [0.5, 0.6) is 0 Å². The fourth-order valence-electron chi connectivity index (χ4n) is 3.10. The van der Waals surface area contributed by atoms with Crippen molar-refractivity contribution in [1.82, 2.24) is 0 Å². The molecule has 0 spiro atoms. The molecule has 0 amide bonds. The third-order valence-electron chi connectivity index (χ3n) is 5.03. The van der Waals surface area contributed by atoms with Crippen molar-refractivity contribution in [3.63, 3.8) is 0 Å². The molecule has 0 unspecified atom stereocenters. The number of halogens is 1. The van der Waals surface area contributed by atoms with Crippen molar-refractivity contribution in [2.24, 2.45) is 0 Å². The van der Waals surface area contributed by atoms with Crippen LogP contribution in [0, 0.1) is 0 Å². The minimum atomic E-state index is -0.596. The van der Waals surface area contributed by atoms with E-state index in [4.69, 9.17) is 9.47 Å². The minimum absolute atomic E-state index is 0.500. The molecule has 2 nitrogen and oxygen atoms in total. The van der Waals surface area contributed by atoms with Crippen LogP contribution in [-0.4, -0.2) is 12.9 Å². The van der Waals surface area contributed by atoms with Gasteiger partial charge in [-0.05, 0) is 71.8 Å². The quantitative estimate of drug-likeness (QED) is 0.393. The number of ether oxygens (including phenoxy) is 2. The average molecular weight is 427 g/mol. The molecule has 3 aromatic carbocycles. The number of benzene rings is 3. The maximum atomic E-state index is 5.89. The Morgan fingerprint density at radius 3 is 2.30 bits per heavy atom. The lowest BCUT2D eigenvalue weighted by molar-refractivity contribution is -0.204. The summed E-state index contributed by atoms with van der Waals surface area (Å²) in [5, 5.41) is 2.51. The van der Waals surface area contributed by atoms with Crippen molar-refractivity contribution >= 4 is 26.7 Å². The van der Waals surface area contributed by atoms with Crippen molar-refractivity contribution in [1.29, 1.82) is 0 Å². The Bertz CT molecular complexity index is 914.